The highest BCUT2D eigenvalue weighted by atomic mass is 16.2. The van der Waals surface area contributed by atoms with Gasteiger partial charge in [-0.15, -0.1) is 4.91 Å². The fraction of sp³-hybridized carbons (Fsp3) is 0. The third kappa shape index (κ3) is 1.89. The summed E-state index contributed by atoms with van der Waals surface area (Å²) in [6.45, 7) is 3.73. The first-order valence-corrected chi connectivity index (χ1v) is 3.16. The van der Waals surface area contributed by atoms with Crippen molar-refractivity contribution < 1.29 is 0 Å². The zero-order valence-electron chi connectivity index (χ0n) is 5.95. The SMILES string of the molecule is C=c1[nH]cc/c1=C/C=C\N=O. The van der Waals surface area contributed by atoms with E-state index in [0.29, 0.717) is 0 Å². The van der Waals surface area contributed by atoms with Crippen molar-refractivity contribution in [3.8, 4) is 0 Å². The minimum absolute atomic E-state index is 0.834. The lowest BCUT2D eigenvalue weighted by molar-refractivity contribution is 1.33. The second kappa shape index (κ2) is 3.51. The predicted molar refractivity (Wildman–Crippen MR) is 45.0 cm³/mol. The number of nitrogens with one attached hydrogen (secondary N) is 1. The normalized spacial score (nSPS) is 12.5. The molecule has 3 heteroatoms. The van der Waals surface area contributed by atoms with Crippen LogP contribution in [0, 0.1) is 4.91 Å². The highest BCUT2D eigenvalue weighted by Crippen LogP contribution is 1.73. The first kappa shape index (κ1) is 7.47. The Morgan fingerprint density at radius 3 is 3.00 bits per heavy atom. The molecule has 0 aromatic carbocycles. The van der Waals surface area contributed by atoms with Gasteiger partial charge in [0.05, 0.1) is 6.20 Å². The van der Waals surface area contributed by atoms with Gasteiger partial charge in [0.15, 0.2) is 0 Å². The summed E-state index contributed by atoms with van der Waals surface area (Å²) in [6.07, 6.45) is 6.31. The van der Waals surface area contributed by atoms with Gasteiger partial charge in [-0.3, -0.25) is 0 Å². The van der Waals surface area contributed by atoms with Crippen LogP contribution in [0.5, 0.6) is 0 Å². The molecule has 3 nitrogen and oxygen atoms in total. The van der Waals surface area contributed by atoms with E-state index in [2.05, 4.69) is 16.7 Å². The lowest BCUT2D eigenvalue weighted by Crippen LogP contribution is -2.19. The van der Waals surface area contributed by atoms with E-state index in [1.54, 1.807) is 18.3 Å². The van der Waals surface area contributed by atoms with Crippen LogP contribution in [0.1, 0.15) is 0 Å². The standard InChI is InChI=1S/C8H8N2O/c1-7-8(4-6-9-7)3-2-5-10-11/h2-6,9H,1H2/b5-2-,8-3-. The number of allylic oxidation sites excluding steroid dienone is 1. The summed E-state index contributed by atoms with van der Waals surface area (Å²) in [6, 6.07) is 1.87. The number of aromatic amines is 1. The maximum Gasteiger partial charge on any atom is 0.0715 e. The van der Waals surface area contributed by atoms with Crippen LogP contribution in [0.25, 0.3) is 12.7 Å². The van der Waals surface area contributed by atoms with E-state index < -0.39 is 0 Å². The average Bonchev–Trinajstić information content (AvgIpc) is 2.37. The van der Waals surface area contributed by atoms with Crippen molar-refractivity contribution in [2.45, 2.75) is 0 Å². The summed E-state index contributed by atoms with van der Waals surface area (Å²) in [5, 5.41) is 4.37. The van der Waals surface area contributed by atoms with Gasteiger partial charge in [-0.25, -0.2) is 0 Å². The Morgan fingerprint density at radius 1 is 1.64 bits per heavy atom. The number of nitroso groups, excluding NO2 is 1. The molecular formula is C8H8N2O. The molecule has 56 valence electrons. The summed E-state index contributed by atoms with van der Waals surface area (Å²) >= 11 is 0. The van der Waals surface area contributed by atoms with E-state index in [0.717, 1.165) is 10.6 Å². The van der Waals surface area contributed by atoms with Crippen LogP contribution < -0.4 is 10.6 Å². The Morgan fingerprint density at radius 2 is 2.45 bits per heavy atom. The van der Waals surface area contributed by atoms with E-state index in [1.807, 2.05) is 6.07 Å². The van der Waals surface area contributed by atoms with Gasteiger partial charge < -0.3 is 4.98 Å². The second-order valence-corrected chi connectivity index (χ2v) is 2.03. The van der Waals surface area contributed by atoms with Gasteiger partial charge in [-0.1, -0.05) is 12.7 Å². The topological polar surface area (TPSA) is 45.2 Å². The fourth-order valence-electron chi connectivity index (χ4n) is 0.754. The largest absolute Gasteiger partial charge is 0.362 e. The molecule has 0 fully saturated rings. The first-order chi connectivity index (χ1) is 5.34. The highest BCUT2D eigenvalue weighted by Gasteiger charge is 1.77. The second-order valence-electron chi connectivity index (χ2n) is 2.03. The molecule has 0 bridgehead atoms. The summed E-state index contributed by atoms with van der Waals surface area (Å²) in [5.74, 6) is 0. The van der Waals surface area contributed by atoms with Crippen molar-refractivity contribution in [1.29, 1.82) is 0 Å². The Kier molecular flexibility index (Phi) is 2.38. The zero-order valence-corrected chi connectivity index (χ0v) is 5.95. The zero-order chi connectivity index (χ0) is 8.10. The molecule has 11 heavy (non-hydrogen) atoms. The molecule has 0 amide bonds. The van der Waals surface area contributed by atoms with Crippen molar-refractivity contribution in [2.75, 3.05) is 0 Å². The van der Waals surface area contributed by atoms with Crippen molar-refractivity contribution in [1.82, 2.24) is 4.98 Å². The third-order valence-electron chi connectivity index (χ3n) is 1.29. The Hall–Kier alpha value is -1.64. The highest BCUT2D eigenvalue weighted by molar-refractivity contribution is 5.36. The van der Waals surface area contributed by atoms with Crippen molar-refractivity contribution in [3.05, 3.63) is 40.0 Å². The van der Waals surface area contributed by atoms with Crippen LogP contribution in [0.3, 0.4) is 0 Å². The maximum absolute atomic E-state index is 9.64. The molecule has 0 saturated carbocycles. The molecule has 0 unspecified atom stereocenters. The first-order valence-electron chi connectivity index (χ1n) is 3.16. The van der Waals surface area contributed by atoms with Crippen LogP contribution in [0.4, 0.5) is 0 Å². The summed E-state index contributed by atoms with van der Waals surface area (Å²) < 4.78 is 0. The number of H-pyrrole nitrogens is 1. The monoisotopic (exact) mass is 148 g/mol. The molecule has 0 saturated heterocycles. The van der Waals surface area contributed by atoms with Crippen molar-refractivity contribution in [3.63, 3.8) is 0 Å². The average molecular weight is 148 g/mol. The smallest absolute Gasteiger partial charge is 0.0715 e. The van der Waals surface area contributed by atoms with Gasteiger partial charge in [-0.2, -0.15) is 0 Å². The molecule has 1 heterocycles. The maximum atomic E-state index is 9.64. The quantitative estimate of drug-likeness (QED) is 0.609. The van der Waals surface area contributed by atoms with E-state index in [1.165, 1.54) is 6.20 Å². The third-order valence-corrected chi connectivity index (χ3v) is 1.29. The van der Waals surface area contributed by atoms with Gasteiger partial charge in [-0.05, 0) is 22.5 Å². The minimum Gasteiger partial charge on any atom is -0.362 e. The fourth-order valence-corrected chi connectivity index (χ4v) is 0.754. The van der Waals surface area contributed by atoms with Gasteiger partial charge in [0.25, 0.3) is 0 Å². The molecule has 0 aliphatic rings. The Bertz CT molecular complexity index is 362. The van der Waals surface area contributed by atoms with Gasteiger partial charge in [0.2, 0.25) is 0 Å². The summed E-state index contributed by atoms with van der Waals surface area (Å²) in [5.41, 5.74) is 0. The number of nitrogens with zero attached hydrogens (tertiary/aromatic N) is 1. The molecule has 0 atom stereocenters. The van der Waals surface area contributed by atoms with E-state index in [4.69, 9.17) is 0 Å². The Balaban J connectivity index is 3.01. The molecular weight excluding hydrogens is 140 g/mol. The van der Waals surface area contributed by atoms with Crippen LogP contribution in [0.15, 0.2) is 29.7 Å². The predicted octanol–water partition coefficient (Wildman–Crippen LogP) is 0.486. The van der Waals surface area contributed by atoms with E-state index in [9.17, 15) is 4.91 Å². The lowest BCUT2D eigenvalue weighted by atomic mass is 10.4. The minimum atomic E-state index is 0.834. The number of rotatable bonds is 2. The molecule has 0 aliphatic heterocycles. The molecule has 1 rings (SSSR count). The van der Waals surface area contributed by atoms with Gasteiger partial charge in [0.1, 0.15) is 0 Å². The summed E-state index contributed by atoms with van der Waals surface area (Å²) in [4.78, 5) is 12.5. The number of hydrogen-bond donors (Lipinski definition) is 1. The molecule has 0 spiro atoms. The molecule has 1 aromatic rings. The van der Waals surface area contributed by atoms with E-state index >= 15 is 0 Å². The van der Waals surface area contributed by atoms with Crippen LogP contribution >= 0.6 is 0 Å². The van der Waals surface area contributed by atoms with Crippen molar-refractivity contribution >= 4 is 12.7 Å². The van der Waals surface area contributed by atoms with Crippen molar-refractivity contribution in [2.24, 2.45) is 5.18 Å². The van der Waals surface area contributed by atoms with Crippen LogP contribution in [-0.2, 0) is 0 Å². The van der Waals surface area contributed by atoms with Crippen LogP contribution in [0.2, 0.25) is 0 Å². The Labute approximate surface area is 63.7 Å². The number of aromatic nitrogens is 1. The van der Waals surface area contributed by atoms with Crippen LogP contribution in [-0.4, -0.2) is 4.98 Å². The van der Waals surface area contributed by atoms with Gasteiger partial charge in [0, 0.05) is 11.5 Å². The molecule has 0 radical (unpaired) electrons. The number of hydrogen-bond acceptors (Lipinski definition) is 2. The molecule has 0 aliphatic carbocycles. The van der Waals surface area contributed by atoms with Gasteiger partial charge >= 0.3 is 0 Å². The lowest BCUT2D eigenvalue weighted by Gasteiger charge is -1.71. The molecule has 1 aromatic heterocycles. The molecule has 1 N–H and O–H groups in total. The van der Waals surface area contributed by atoms with E-state index in [-0.39, 0.29) is 0 Å². The summed E-state index contributed by atoms with van der Waals surface area (Å²) in [7, 11) is 0.